The van der Waals surface area contributed by atoms with Crippen molar-refractivity contribution in [3.05, 3.63) is 16.9 Å². The second-order valence-corrected chi connectivity index (χ2v) is 5.27. The van der Waals surface area contributed by atoms with E-state index in [0.717, 1.165) is 0 Å². The maximum atomic E-state index is 10.5. The number of aliphatic hydroxyl groups is 1. The number of hydrogen-bond donors (Lipinski definition) is 2. The van der Waals surface area contributed by atoms with Gasteiger partial charge >= 0.3 is 0 Å². The molecule has 18 heavy (non-hydrogen) atoms. The minimum atomic E-state index is -1.06. The molecule has 0 spiro atoms. The van der Waals surface area contributed by atoms with Gasteiger partial charge in [-0.05, 0) is 6.92 Å². The van der Waals surface area contributed by atoms with Gasteiger partial charge in [-0.2, -0.15) is 5.10 Å². The van der Waals surface area contributed by atoms with E-state index >= 15 is 0 Å². The van der Waals surface area contributed by atoms with Gasteiger partial charge in [0.2, 0.25) is 0 Å². The van der Waals surface area contributed by atoms with Crippen LogP contribution in [-0.2, 0) is 16.9 Å². The van der Waals surface area contributed by atoms with E-state index < -0.39 is 5.60 Å². The van der Waals surface area contributed by atoms with Crippen molar-refractivity contribution in [1.29, 1.82) is 0 Å². The van der Waals surface area contributed by atoms with Crippen LogP contribution < -0.4 is 5.32 Å². The van der Waals surface area contributed by atoms with Crippen LogP contribution in [0, 0.1) is 0 Å². The molecule has 0 radical (unpaired) electrons. The Kier molecular flexibility index (Phi) is 5.59. The molecule has 0 amide bonds. The fraction of sp³-hybridized carbons (Fsp3) is 0.750. The van der Waals surface area contributed by atoms with E-state index in [0.29, 0.717) is 36.5 Å². The van der Waals surface area contributed by atoms with Gasteiger partial charge in [0.25, 0.3) is 0 Å². The Balaban J connectivity index is 2.88. The molecule has 0 fully saturated rings. The zero-order chi connectivity index (χ0) is 13.8. The second-order valence-electron chi connectivity index (χ2n) is 4.87. The van der Waals surface area contributed by atoms with E-state index in [9.17, 15) is 5.11 Å². The summed E-state index contributed by atoms with van der Waals surface area (Å²) in [6, 6.07) is 0.297. The number of halogens is 1. The quantitative estimate of drug-likeness (QED) is 0.790. The molecule has 0 saturated carbocycles. The van der Waals surface area contributed by atoms with Crippen LogP contribution in [0.25, 0.3) is 0 Å². The molecule has 0 bridgehead atoms. The number of rotatable bonds is 7. The van der Waals surface area contributed by atoms with Crippen molar-refractivity contribution in [2.45, 2.75) is 39.0 Å². The third-order valence-electron chi connectivity index (χ3n) is 2.67. The summed E-state index contributed by atoms with van der Waals surface area (Å²) in [5.41, 5.74) is -0.444. The highest BCUT2D eigenvalue weighted by Crippen LogP contribution is 2.27. The van der Waals surface area contributed by atoms with Gasteiger partial charge in [0.1, 0.15) is 5.60 Å². The first-order valence-electron chi connectivity index (χ1n) is 6.05. The number of methoxy groups -OCH3 is 1. The van der Waals surface area contributed by atoms with Crippen LogP contribution in [0.5, 0.6) is 0 Å². The van der Waals surface area contributed by atoms with Crippen LogP contribution in [0.1, 0.15) is 26.5 Å². The third kappa shape index (κ3) is 3.95. The van der Waals surface area contributed by atoms with Crippen molar-refractivity contribution in [2.75, 3.05) is 20.3 Å². The van der Waals surface area contributed by atoms with Crippen LogP contribution in [0.4, 0.5) is 0 Å². The second kappa shape index (κ2) is 6.52. The van der Waals surface area contributed by atoms with Gasteiger partial charge in [0, 0.05) is 19.7 Å². The molecule has 1 aromatic heterocycles. The molecule has 6 heteroatoms. The van der Waals surface area contributed by atoms with E-state index in [1.807, 2.05) is 13.8 Å². The molecule has 1 unspecified atom stereocenters. The smallest absolute Gasteiger partial charge is 0.117 e. The monoisotopic (exact) mass is 275 g/mol. The molecule has 0 aliphatic rings. The van der Waals surface area contributed by atoms with E-state index in [4.69, 9.17) is 16.3 Å². The predicted octanol–water partition coefficient (Wildman–Crippen LogP) is 1.39. The van der Waals surface area contributed by atoms with Crippen LogP contribution in [0.15, 0.2) is 6.20 Å². The van der Waals surface area contributed by atoms with E-state index in [-0.39, 0.29) is 0 Å². The zero-order valence-corrected chi connectivity index (χ0v) is 12.2. The number of aromatic nitrogens is 2. The van der Waals surface area contributed by atoms with Crippen molar-refractivity contribution >= 4 is 11.6 Å². The van der Waals surface area contributed by atoms with E-state index in [1.165, 1.54) is 0 Å². The molecule has 5 nitrogen and oxygen atoms in total. The van der Waals surface area contributed by atoms with Crippen LogP contribution >= 0.6 is 11.6 Å². The molecular formula is C12H22ClN3O2. The molecular weight excluding hydrogens is 254 g/mol. The Labute approximate surface area is 113 Å². The highest BCUT2D eigenvalue weighted by Gasteiger charge is 2.30. The number of hydrogen-bond acceptors (Lipinski definition) is 4. The maximum Gasteiger partial charge on any atom is 0.117 e. The van der Waals surface area contributed by atoms with Gasteiger partial charge in [0.15, 0.2) is 0 Å². The minimum absolute atomic E-state index is 0.297. The molecule has 2 N–H and O–H groups in total. The van der Waals surface area contributed by atoms with Gasteiger partial charge in [-0.3, -0.25) is 4.68 Å². The average Bonchev–Trinajstić information content (AvgIpc) is 2.66. The Bertz CT molecular complexity index is 377. The molecule has 0 saturated heterocycles. The Morgan fingerprint density at radius 3 is 2.83 bits per heavy atom. The van der Waals surface area contributed by atoms with Crippen LogP contribution in [0.2, 0.25) is 5.02 Å². The lowest BCUT2D eigenvalue weighted by atomic mass is 10.0. The fourth-order valence-electron chi connectivity index (χ4n) is 1.73. The van der Waals surface area contributed by atoms with Gasteiger partial charge in [-0.15, -0.1) is 0 Å². The topological polar surface area (TPSA) is 59.3 Å². The normalized spacial score (nSPS) is 15.1. The maximum absolute atomic E-state index is 10.5. The lowest BCUT2D eigenvalue weighted by Crippen LogP contribution is -2.40. The first-order valence-corrected chi connectivity index (χ1v) is 6.42. The molecule has 1 atom stereocenters. The Morgan fingerprint density at radius 2 is 2.28 bits per heavy atom. The average molecular weight is 276 g/mol. The van der Waals surface area contributed by atoms with Crippen molar-refractivity contribution in [1.82, 2.24) is 15.1 Å². The summed E-state index contributed by atoms with van der Waals surface area (Å²) in [6.45, 7) is 7.30. The molecule has 1 heterocycles. The lowest BCUT2D eigenvalue weighted by molar-refractivity contribution is 0.0439. The predicted molar refractivity (Wildman–Crippen MR) is 71.8 cm³/mol. The third-order valence-corrected chi connectivity index (χ3v) is 2.94. The van der Waals surface area contributed by atoms with E-state index in [1.54, 1.807) is 24.9 Å². The summed E-state index contributed by atoms with van der Waals surface area (Å²) in [5, 5.41) is 18.4. The number of ether oxygens (including phenoxy) is 1. The summed E-state index contributed by atoms with van der Waals surface area (Å²) in [6.07, 6.45) is 1.55. The summed E-state index contributed by atoms with van der Waals surface area (Å²) >= 11 is 6.11. The Hall–Kier alpha value is -0.620. The summed E-state index contributed by atoms with van der Waals surface area (Å²) in [7, 11) is 1.63. The molecule has 0 aliphatic heterocycles. The molecule has 0 aromatic carbocycles. The van der Waals surface area contributed by atoms with Gasteiger partial charge in [-0.25, -0.2) is 0 Å². The Morgan fingerprint density at radius 1 is 1.61 bits per heavy atom. The standard InChI is InChI=1S/C12H22ClN3O2/c1-9(2)14-8-12(3,17)11-10(13)7-15-16(11)5-6-18-4/h7,9,14,17H,5-6,8H2,1-4H3. The van der Waals surface area contributed by atoms with Crippen LogP contribution in [0.3, 0.4) is 0 Å². The lowest BCUT2D eigenvalue weighted by Gasteiger charge is -2.26. The first kappa shape index (κ1) is 15.4. The number of nitrogens with zero attached hydrogens (tertiary/aromatic N) is 2. The fourth-order valence-corrected chi connectivity index (χ4v) is 2.08. The molecule has 1 rings (SSSR count). The van der Waals surface area contributed by atoms with E-state index in [2.05, 4.69) is 10.4 Å². The van der Waals surface area contributed by atoms with Gasteiger partial charge in [-0.1, -0.05) is 25.4 Å². The highest BCUT2D eigenvalue weighted by molar-refractivity contribution is 6.31. The first-order chi connectivity index (χ1) is 8.38. The van der Waals surface area contributed by atoms with Crippen molar-refractivity contribution < 1.29 is 9.84 Å². The zero-order valence-electron chi connectivity index (χ0n) is 11.4. The highest BCUT2D eigenvalue weighted by atomic mass is 35.5. The molecule has 1 aromatic rings. The summed E-state index contributed by atoms with van der Waals surface area (Å²) in [4.78, 5) is 0. The van der Waals surface area contributed by atoms with Crippen molar-refractivity contribution in [2.24, 2.45) is 0 Å². The van der Waals surface area contributed by atoms with Gasteiger partial charge < -0.3 is 15.2 Å². The summed E-state index contributed by atoms with van der Waals surface area (Å²) in [5.74, 6) is 0. The van der Waals surface area contributed by atoms with Crippen LogP contribution in [-0.4, -0.2) is 41.2 Å². The molecule has 0 aliphatic carbocycles. The van der Waals surface area contributed by atoms with Gasteiger partial charge in [0.05, 0.1) is 30.1 Å². The largest absolute Gasteiger partial charge is 0.383 e. The van der Waals surface area contributed by atoms with Crippen molar-refractivity contribution in [3.63, 3.8) is 0 Å². The molecule has 104 valence electrons. The SMILES string of the molecule is COCCn1ncc(Cl)c1C(C)(O)CNC(C)C. The minimum Gasteiger partial charge on any atom is -0.383 e. The summed E-state index contributed by atoms with van der Waals surface area (Å²) < 4.78 is 6.71. The van der Waals surface area contributed by atoms with Crippen molar-refractivity contribution in [3.8, 4) is 0 Å². The number of nitrogens with one attached hydrogen (secondary N) is 1.